The van der Waals surface area contributed by atoms with Gasteiger partial charge in [-0.25, -0.2) is 4.39 Å². The van der Waals surface area contributed by atoms with Gasteiger partial charge in [-0.1, -0.05) is 11.8 Å². The highest BCUT2D eigenvalue weighted by Crippen LogP contribution is 2.34. The van der Waals surface area contributed by atoms with E-state index in [0.29, 0.717) is 22.0 Å². The molecule has 144 valence electrons. The Bertz CT molecular complexity index is 976. The zero-order chi connectivity index (χ0) is 20.3. The van der Waals surface area contributed by atoms with Crippen LogP contribution in [0.5, 0.6) is 11.5 Å². The second kappa shape index (κ2) is 8.41. The van der Waals surface area contributed by atoms with Crippen LogP contribution in [0.25, 0.3) is 6.08 Å². The Labute approximate surface area is 170 Å². The highest BCUT2D eigenvalue weighted by Gasteiger charge is 2.34. The van der Waals surface area contributed by atoms with E-state index in [1.54, 1.807) is 24.3 Å². The second-order valence-corrected chi connectivity index (χ2v) is 7.25. The van der Waals surface area contributed by atoms with Crippen LogP contribution in [0.1, 0.15) is 15.9 Å². The number of benzene rings is 2. The summed E-state index contributed by atoms with van der Waals surface area (Å²) in [5, 5.41) is 0.990. The Morgan fingerprint density at radius 1 is 1.18 bits per heavy atom. The van der Waals surface area contributed by atoms with E-state index < -0.39 is 17.6 Å². The molecule has 2 amide bonds. The van der Waals surface area contributed by atoms with Crippen LogP contribution in [0.2, 0.25) is 0 Å². The summed E-state index contributed by atoms with van der Waals surface area (Å²) in [4.78, 5) is 25.3. The van der Waals surface area contributed by atoms with Crippen LogP contribution in [-0.4, -0.2) is 35.4 Å². The third-order valence-electron chi connectivity index (χ3n) is 3.84. The van der Waals surface area contributed by atoms with Gasteiger partial charge in [-0.05, 0) is 60.8 Å². The molecule has 0 radical (unpaired) electrons. The first-order valence-electron chi connectivity index (χ1n) is 7.99. The lowest BCUT2D eigenvalue weighted by molar-refractivity contribution is -0.123. The molecular weight excluding hydrogens is 403 g/mol. The van der Waals surface area contributed by atoms with Crippen molar-refractivity contribution in [1.29, 1.82) is 0 Å². The molecule has 1 fully saturated rings. The van der Waals surface area contributed by atoms with Crippen LogP contribution in [-0.2, 0) is 4.79 Å². The number of carbonyl (C=O) groups excluding carboxylic acids is 2. The minimum absolute atomic E-state index is 0.175. The summed E-state index contributed by atoms with van der Waals surface area (Å²) in [7, 11) is 3.06. The molecule has 1 N–H and O–H groups in total. The number of carbonyl (C=O) groups is 2. The molecule has 0 bridgehead atoms. The first kappa shape index (κ1) is 19.8. The van der Waals surface area contributed by atoms with Gasteiger partial charge in [-0.15, -0.1) is 0 Å². The Kier molecular flexibility index (Phi) is 5.96. The quantitative estimate of drug-likeness (QED) is 0.593. The Balaban J connectivity index is 1.82. The van der Waals surface area contributed by atoms with Crippen molar-refractivity contribution in [2.75, 3.05) is 14.2 Å². The molecule has 0 unspecified atom stereocenters. The van der Waals surface area contributed by atoms with Crippen molar-refractivity contribution in [3.63, 3.8) is 0 Å². The summed E-state index contributed by atoms with van der Waals surface area (Å²) in [6.07, 6.45) is 1.62. The number of hydrazine groups is 1. The summed E-state index contributed by atoms with van der Waals surface area (Å²) >= 11 is 6.25. The van der Waals surface area contributed by atoms with Crippen molar-refractivity contribution in [1.82, 2.24) is 10.4 Å². The number of methoxy groups -OCH3 is 2. The van der Waals surface area contributed by atoms with E-state index in [9.17, 15) is 14.0 Å². The van der Waals surface area contributed by atoms with Crippen LogP contribution in [0.15, 0.2) is 47.4 Å². The molecule has 0 atom stereocenters. The minimum Gasteiger partial charge on any atom is -0.497 e. The zero-order valence-corrected chi connectivity index (χ0v) is 16.5. The van der Waals surface area contributed by atoms with Gasteiger partial charge in [-0.2, -0.15) is 5.01 Å². The fourth-order valence-corrected chi connectivity index (χ4v) is 3.60. The van der Waals surface area contributed by atoms with E-state index in [-0.39, 0.29) is 9.88 Å². The largest absolute Gasteiger partial charge is 0.497 e. The van der Waals surface area contributed by atoms with E-state index in [4.69, 9.17) is 21.7 Å². The molecule has 1 heterocycles. The minimum atomic E-state index is -0.573. The third-order valence-corrected chi connectivity index (χ3v) is 5.14. The predicted octanol–water partition coefficient (Wildman–Crippen LogP) is 3.39. The van der Waals surface area contributed by atoms with E-state index in [1.165, 1.54) is 26.4 Å². The first-order chi connectivity index (χ1) is 13.4. The van der Waals surface area contributed by atoms with Gasteiger partial charge in [0.05, 0.1) is 19.1 Å². The van der Waals surface area contributed by atoms with Crippen molar-refractivity contribution in [3.05, 3.63) is 64.3 Å². The smallest absolute Gasteiger partial charge is 0.285 e. The van der Waals surface area contributed by atoms with Gasteiger partial charge in [0.25, 0.3) is 11.8 Å². The van der Waals surface area contributed by atoms with Gasteiger partial charge in [0.15, 0.2) is 4.32 Å². The van der Waals surface area contributed by atoms with Gasteiger partial charge in [0.1, 0.15) is 17.3 Å². The molecule has 0 aliphatic carbocycles. The second-order valence-electron chi connectivity index (χ2n) is 5.57. The molecule has 9 heteroatoms. The number of rotatable bonds is 5. The third kappa shape index (κ3) is 4.15. The Hall–Kier alpha value is -2.91. The molecule has 1 saturated heterocycles. The van der Waals surface area contributed by atoms with E-state index in [2.05, 4.69) is 5.43 Å². The number of hydrogen-bond acceptors (Lipinski definition) is 6. The van der Waals surface area contributed by atoms with Crippen molar-refractivity contribution in [2.45, 2.75) is 0 Å². The monoisotopic (exact) mass is 418 g/mol. The molecule has 6 nitrogen and oxygen atoms in total. The van der Waals surface area contributed by atoms with Crippen LogP contribution < -0.4 is 14.9 Å². The van der Waals surface area contributed by atoms with Crippen LogP contribution >= 0.6 is 24.0 Å². The zero-order valence-electron chi connectivity index (χ0n) is 14.9. The van der Waals surface area contributed by atoms with Crippen molar-refractivity contribution in [2.24, 2.45) is 0 Å². The van der Waals surface area contributed by atoms with E-state index in [0.717, 1.165) is 28.9 Å². The fourth-order valence-electron chi connectivity index (χ4n) is 2.42. The summed E-state index contributed by atoms with van der Waals surface area (Å²) < 4.78 is 23.7. The number of halogens is 1. The summed E-state index contributed by atoms with van der Waals surface area (Å²) in [6.45, 7) is 0. The van der Waals surface area contributed by atoms with Crippen LogP contribution in [0.3, 0.4) is 0 Å². The van der Waals surface area contributed by atoms with Crippen molar-refractivity contribution >= 4 is 46.2 Å². The van der Waals surface area contributed by atoms with Gasteiger partial charge in [0, 0.05) is 11.1 Å². The highest BCUT2D eigenvalue weighted by molar-refractivity contribution is 8.26. The first-order valence-corrected chi connectivity index (χ1v) is 9.22. The standard InChI is InChI=1S/C19H15FN2O4S2/c1-25-14-7-8-15(26-2)12(9-14)10-16-18(24)22(19(27)28-16)21-17(23)11-3-5-13(20)6-4-11/h3-10H,1-2H3,(H,21,23)/b16-10-. The molecule has 0 aromatic heterocycles. The van der Waals surface area contributed by atoms with Gasteiger partial charge < -0.3 is 9.47 Å². The number of thiocarbonyl (C=S) groups is 1. The normalized spacial score (nSPS) is 15.1. The van der Waals surface area contributed by atoms with Crippen LogP contribution in [0, 0.1) is 5.82 Å². The van der Waals surface area contributed by atoms with Gasteiger partial charge in [-0.3, -0.25) is 15.0 Å². The Morgan fingerprint density at radius 3 is 2.54 bits per heavy atom. The van der Waals surface area contributed by atoms with Gasteiger partial charge in [0.2, 0.25) is 0 Å². The number of ether oxygens (including phenoxy) is 2. The highest BCUT2D eigenvalue weighted by atomic mass is 32.2. The molecule has 2 aromatic carbocycles. The van der Waals surface area contributed by atoms with E-state index >= 15 is 0 Å². The van der Waals surface area contributed by atoms with Gasteiger partial charge >= 0.3 is 0 Å². The van der Waals surface area contributed by atoms with Crippen molar-refractivity contribution in [3.8, 4) is 11.5 Å². The molecule has 2 aromatic rings. The topological polar surface area (TPSA) is 67.9 Å². The lowest BCUT2D eigenvalue weighted by Crippen LogP contribution is -2.44. The predicted molar refractivity (Wildman–Crippen MR) is 108 cm³/mol. The lowest BCUT2D eigenvalue weighted by Gasteiger charge is -2.15. The SMILES string of the molecule is COc1ccc(OC)c(/C=C2\SC(=S)N(NC(=O)c3ccc(F)cc3)C2=O)c1. The number of thioether (sulfide) groups is 1. The average molecular weight is 418 g/mol. The maximum absolute atomic E-state index is 13.0. The number of nitrogens with zero attached hydrogens (tertiary/aromatic N) is 1. The molecule has 0 spiro atoms. The van der Waals surface area contributed by atoms with Crippen molar-refractivity contribution < 1.29 is 23.5 Å². The van der Waals surface area contributed by atoms with Crippen LogP contribution in [0.4, 0.5) is 4.39 Å². The fraction of sp³-hybridized carbons (Fsp3) is 0.105. The maximum atomic E-state index is 13.0. The average Bonchev–Trinajstić information content (AvgIpc) is 2.95. The molecule has 1 aliphatic heterocycles. The Morgan fingerprint density at radius 2 is 1.89 bits per heavy atom. The summed E-state index contributed by atoms with van der Waals surface area (Å²) in [5.74, 6) is -0.349. The molecule has 0 saturated carbocycles. The number of hydrogen-bond donors (Lipinski definition) is 1. The number of amides is 2. The molecular formula is C19H15FN2O4S2. The number of nitrogens with one attached hydrogen (secondary N) is 1. The molecule has 3 rings (SSSR count). The summed E-state index contributed by atoms with van der Waals surface area (Å²) in [5.41, 5.74) is 3.28. The van der Waals surface area contributed by atoms with E-state index in [1.807, 2.05) is 0 Å². The molecule has 1 aliphatic rings. The lowest BCUT2D eigenvalue weighted by atomic mass is 10.1. The molecule has 28 heavy (non-hydrogen) atoms. The maximum Gasteiger partial charge on any atom is 0.285 e. The summed E-state index contributed by atoms with van der Waals surface area (Å²) in [6, 6.07) is 10.1.